The number of nitrogens with one attached hydrogen (secondary N) is 1. The highest BCUT2D eigenvalue weighted by Crippen LogP contribution is 2.28. The monoisotopic (exact) mass is 187 g/mol. The maximum absolute atomic E-state index is 5.81. The molecule has 0 atom stereocenters. The number of furan rings is 1. The molecule has 14 heavy (non-hydrogen) atoms. The molecule has 0 saturated heterocycles. The van der Waals surface area contributed by atoms with Gasteiger partial charge in [-0.1, -0.05) is 11.6 Å². The summed E-state index contributed by atoms with van der Waals surface area (Å²) in [5.74, 6) is 1.17. The van der Waals surface area contributed by atoms with Gasteiger partial charge in [0.25, 0.3) is 0 Å². The minimum absolute atomic E-state index is 0.950. The average Bonchev–Trinajstić information content (AvgIpc) is 2.56. The van der Waals surface area contributed by atoms with Crippen LogP contribution in [0.1, 0.15) is 16.9 Å². The molecule has 2 heteroatoms. The lowest BCUT2D eigenvalue weighted by Crippen LogP contribution is -2.22. The predicted octanol–water partition coefficient (Wildman–Crippen LogP) is 2.39. The number of hydrogen-bond acceptors (Lipinski definition) is 2. The molecule has 0 fully saturated rings. The molecule has 1 N–H and O–H groups in total. The molecule has 0 aliphatic carbocycles. The van der Waals surface area contributed by atoms with E-state index >= 15 is 0 Å². The van der Waals surface area contributed by atoms with E-state index in [2.05, 4.69) is 30.4 Å². The third-order valence-electron chi connectivity index (χ3n) is 2.86. The third kappa shape index (κ3) is 1.07. The molecule has 2 nitrogen and oxygen atoms in total. The van der Waals surface area contributed by atoms with Crippen LogP contribution in [0.2, 0.25) is 0 Å². The van der Waals surface area contributed by atoms with Gasteiger partial charge in [-0.25, -0.2) is 0 Å². The van der Waals surface area contributed by atoms with Crippen molar-refractivity contribution < 1.29 is 4.42 Å². The summed E-state index contributed by atoms with van der Waals surface area (Å²) >= 11 is 0. The van der Waals surface area contributed by atoms with Crippen molar-refractivity contribution in [2.24, 2.45) is 0 Å². The lowest BCUT2D eigenvalue weighted by Gasteiger charge is -2.10. The minimum Gasteiger partial charge on any atom is -0.461 e. The summed E-state index contributed by atoms with van der Waals surface area (Å²) in [5.41, 5.74) is 3.69. The summed E-state index contributed by atoms with van der Waals surface area (Å²) < 4.78 is 5.81. The van der Waals surface area contributed by atoms with Crippen LogP contribution in [0.25, 0.3) is 11.0 Å². The van der Waals surface area contributed by atoms with Gasteiger partial charge in [0.2, 0.25) is 0 Å². The molecule has 0 unspecified atom stereocenters. The number of fused-ring (bicyclic) bond motifs is 3. The molecule has 0 amide bonds. The number of rotatable bonds is 0. The molecule has 1 aliphatic heterocycles. The molecule has 0 radical (unpaired) electrons. The molecule has 2 aromatic rings. The predicted molar refractivity (Wildman–Crippen MR) is 56.4 cm³/mol. The van der Waals surface area contributed by atoms with Gasteiger partial charge in [-0.15, -0.1) is 0 Å². The zero-order valence-electron chi connectivity index (χ0n) is 8.26. The van der Waals surface area contributed by atoms with Gasteiger partial charge in [-0.05, 0) is 19.1 Å². The van der Waals surface area contributed by atoms with Gasteiger partial charge in [-0.2, -0.15) is 0 Å². The zero-order valence-corrected chi connectivity index (χ0v) is 8.26. The van der Waals surface area contributed by atoms with Crippen molar-refractivity contribution in [3.8, 4) is 0 Å². The first kappa shape index (κ1) is 8.06. The fraction of sp³-hybridized carbons (Fsp3) is 0.333. The Bertz CT molecular complexity index is 484. The van der Waals surface area contributed by atoms with Crippen LogP contribution in [-0.2, 0) is 13.0 Å². The molecule has 0 spiro atoms. The fourth-order valence-electron chi connectivity index (χ4n) is 2.12. The van der Waals surface area contributed by atoms with E-state index in [-0.39, 0.29) is 0 Å². The van der Waals surface area contributed by atoms with Crippen LogP contribution < -0.4 is 5.32 Å². The molecule has 2 heterocycles. The summed E-state index contributed by atoms with van der Waals surface area (Å²) in [7, 11) is 0. The van der Waals surface area contributed by atoms with Crippen molar-refractivity contribution in [2.45, 2.75) is 19.9 Å². The van der Waals surface area contributed by atoms with E-state index in [4.69, 9.17) is 4.42 Å². The van der Waals surface area contributed by atoms with Crippen molar-refractivity contribution in [2.75, 3.05) is 6.54 Å². The molecule has 1 aromatic carbocycles. The second kappa shape index (κ2) is 2.85. The average molecular weight is 187 g/mol. The topological polar surface area (TPSA) is 25.2 Å². The molecule has 0 bridgehead atoms. The Balaban J connectivity index is 2.32. The van der Waals surface area contributed by atoms with Crippen LogP contribution in [0.3, 0.4) is 0 Å². The first-order valence-electron chi connectivity index (χ1n) is 5.06. The van der Waals surface area contributed by atoms with Crippen LogP contribution in [0.4, 0.5) is 0 Å². The van der Waals surface area contributed by atoms with E-state index in [1.807, 2.05) is 0 Å². The number of aryl methyl sites for hydroxylation is 1. The van der Waals surface area contributed by atoms with E-state index in [0.29, 0.717) is 0 Å². The number of benzene rings is 1. The smallest absolute Gasteiger partial charge is 0.134 e. The summed E-state index contributed by atoms with van der Waals surface area (Å²) in [4.78, 5) is 0. The Hall–Kier alpha value is -1.28. The summed E-state index contributed by atoms with van der Waals surface area (Å²) in [6, 6.07) is 6.39. The van der Waals surface area contributed by atoms with Crippen molar-refractivity contribution in [3.05, 3.63) is 35.1 Å². The van der Waals surface area contributed by atoms with Gasteiger partial charge in [0.1, 0.15) is 11.3 Å². The third-order valence-corrected chi connectivity index (χ3v) is 2.86. The summed E-state index contributed by atoms with van der Waals surface area (Å²) in [5, 5.41) is 4.66. The zero-order chi connectivity index (χ0) is 9.54. The minimum atomic E-state index is 0.950. The summed E-state index contributed by atoms with van der Waals surface area (Å²) in [6.07, 6.45) is 1.02. The Morgan fingerprint density at radius 1 is 1.36 bits per heavy atom. The van der Waals surface area contributed by atoms with E-state index in [1.165, 1.54) is 22.3 Å². The van der Waals surface area contributed by atoms with Crippen molar-refractivity contribution in [3.63, 3.8) is 0 Å². The van der Waals surface area contributed by atoms with Gasteiger partial charge < -0.3 is 9.73 Å². The second-order valence-corrected chi connectivity index (χ2v) is 3.93. The maximum atomic E-state index is 5.81. The first-order chi connectivity index (χ1) is 6.84. The standard InChI is InChI=1S/C12H13NO/c1-8-2-3-11-9(6-8)10-7-13-5-4-12(10)14-11/h2-3,6,13H,4-5,7H2,1H3. The van der Waals surface area contributed by atoms with Gasteiger partial charge >= 0.3 is 0 Å². The molecular formula is C12H13NO. The van der Waals surface area contributed by atoms with E-state index < -0.39 is 0 Å². The summed E-state index contributed by atoms with van der Waals surface area (Å²) in [6.45, 7) is 4.10. The van der Waals surface area contributed by atoms with Gasteiger partial charge in [-0.3, -0.25) is 0 Å². The molecule has 3 rings (SSSR count). The fourth-order valence-corrected chi connectivity index (χ4v) is 2.12. The molecule has 1 aromatic heterocycles. The van der Waals surface area contributed by atoms with Crippen LogP contribution in [-0.4, -0.2) is 6.54 Å². The normalized spacial score (nSPS) is 15.8. The molecule has 1 aliphatic rings. The van der Waals surface area contributed by atoms with Crippen molar-refractivity contribution >= 4 is 11.0 Å². The lowest BCUT2D eigenvalue weighted by atomic mass is 10.0. The van der Waals surface area contributed by atoms with Gasteiger partial charge in [0.15, 0.2) is 0 Å². The Morgan fingerprint density at radius 3 is 3.21 bits per heavy atom. The largest absolute Gasteiger partial charge is 0.461 e. The second-order valence-electron chi connectivity index (χ2n) is 3.93. The quantitative estimate of drug-likeness (QED) is 0.685. The maximum Gasteiger partial charge on any atom is 0.134 e. The highest BCUT2D eigenvalue weighted by Gasteiger charge is 2.16. The van der Waals surface area contributed by atoms with Crippen molar-refractivity contribution in [1.29, 1.82) is 0 Å². The molecular weight excluding hydrogens is 174 g/mol. The Labute approximate surface area is 82.9 Å². The lowest BCUT2D eigenvalue weighted by molar-refractivity contribution is 0.500. The number of hydrogen-bond donors (Lipinski definition) is 1. The van der Waals surface area contributed by atoms with Gasteiger partial charge in [0, 0.05) is 30.5 Å². The van der Waals surface area contributed by atoms with Crippen LogP contribution in [0.5, 0.6) is 0 Å². The van der Waals surface area contributed by atoms with E-state index in [1.54, 1.807) is 0 Å². The van der Waals surface area contributed by atoms with E-state index in [9.17, 15) is 0 Å². The van der Waals surface area contributed by atoms with Crippen LogP contribution in [0, 0.1) is 6.92 Å². The van der Waals surface area contributed by atoms with Crippen LogP contribution in [0.15, 0.2) is 22.6 Å². The SMILES string of the molecule is Cc1ccc2oc3c(c2c1)CNCC3. The van der Waals surface area contributed by atoms with E-state index in [0.717, 1.165) is 25.1 Å². The highest BCUT2D eigenvalue weighted by molar-refractivity contribution is 5.83. The van der Waals surface area contributed by atoms with Crippen molar-refractivity contribution in [1.82, 2.24) is 5.32 Å². The Morgan fingerprint density at radius 2 is 2.29 bits per heavy atom. The highest BCUT2D eigenvalue weighted by atomic mass is 16.3. The molecule has 0 saturated carbocycles. The van der Waals surface area contributed by atoms with Crippen LogP contribution >= 0.6 is 0 Å². The molecule has 72 valence electrons. The van der Waals surface area contributed by atoms with Gasteiger partial charge in [0.05, 0.1) is 0 Å². The first-order valence-corrected chi connectivity index (χ1v) is 5.06. The Kier molecular flexibility index (Phi) is 1.64.